The van der Waals surface area contributed by atoms with Gasteiger partial charge >= 0.3 is 6.18 Å². The van der Waals surface area contributed by atoms with Crippen molar-refractivity contribution in [3.63, 3.8) is 0 Å². The van der Waals surface area contributed by atoms with E-state index in [0.29, 0.717) is 19.0 Å². The third-order valence-electron chi connectivity index (χ3n) is 3.10. The van der Waals surface area contributed by atoms with E-state index in [4.69, 9.17) is 4.74 Å². The lowest BCUT2D eigenvalue weighted by Gasteiger charge is -2.24. The lowest BCUT2D eigenvalue weighted by molar-refractivity contribution is -0.154. The third kappa shape index (κ3) is 10.3. The largest absolute Gasteiger partial charge is 0.468 e. The summed E-state index contributed by atoms with van der Waals surface area (Å²) in [6, 6.07) is 3.13. The Kier molecular flexibility index (Phi) is 10.1. The summed E-state index contributed by atoms with van der Waals surface area (Å²) in [6.45, 7) is 3.39. The van der Waals surface area contributed by atoms with E-state index >= 15 is 0 Å². The topological polar surface area (TPSA) is 67.8 Å². The van der Waals surface area contributed by atoms with E-state index in [1.807, 2.05) is 13.8 Å². The van der Waals surface area contributed by atoms with Gasteiger partial charge in [0.25, 0.3) is 0 Å². The zero-order chi connectivity index (χ0) is 18.2. The Morgan fingerprint density at radius 2 is 1.96 bits per heavy atom. The molecule has 0 unspecified atom stereocenters. The molecule has 10 heteroatoms. The van der Waals surface area contributed by atoms with Crippen LogP contribution in [0.25, 0.3) is 0 Å². The van der Waals surface area contributed by atoms with E-state index in [1.54, 1.807) is 20.2 Å². The Morgan fingerprint density at radius 3 is 2.52 bits per heavy atom. The van der Waals surface area contributed by atoms with Crippen LogP contribution in [0.15, 0.2) is 23.3 Å². The first-order valence-electron chi connectivity index (χ1n) is 7.29. The van der Waals surface area contributed by atoms with Crippen LogP contribution in [-0.2, 0) is 11.3 Å². The number of aliphatic imine (C=N–C) groups is 1. The highest BCUT2D eigenvalue weighted by Gasteiger charge is 2.28. The van der Waals surface area contributed by atoms with Crippen LogP contribution in [0, 0.1) is 0 Å². The van der Waals surface area contributed by atoms with Gasteiger partial charge in [-0.2, -0.15) is 13.2 Å². The normalized spacial score (nSPS) is 12.4. The van der Waals surface area contributed by atoms with Crippen molar-refractivity contribution in [2.75, 3.05) is 27.3 Å². The lowest BCUT2D eigenvalue weighted by atomic mass is 10.1. The van der Waals surface area contributed by atoms with Crippen LogP contribution in [0.5, 0.6) is 5.88 Å². The van der Waals surface area contributed by atoms with Crippen molar-refractivity contribution < 1.29 is 22.6 Å². The average molecular weight is 476 g/mol. The first kappa shape index (κ1) is 23.7. The Morgan fingerprint density at radius 1 is 1.28 bits per heavy atom. The molecule has 0 saturated heterocycles. The third-order valence-corrected chi connectivity index (χ3v) is 3.10. The monoisotopic (exact) mass is 476 g/mol. The highest BCUT2D eigenvalue weighted by atomic mass is 127. The summed E-state index contributed by atoms with van der Waals surface area (Å²) in [6.07, 6.45) is -3.00. The minimum Gasteiger partial charge on any atom is -0.468 e. The smallest absolute Gasteiger partial charge is 0.422 e. The summed E-state index contributed by atoms with van der Waals surface area (Å²) in [4.78, 5) is 7.83. The molecule has 2 N–H and O–H groups in total. The summed E-state index contributed by atoms with van der Waals surface area (Å²) in [7, 11) is 3.25. The van der Waals surface area contributed by atoms with Crippen molar-refractivity contribution in [1.29, 1.82) is 0 Å². The molecule has 25 heavy (non-hydrogen) atoms. The van der Waals surface area contributed by atoms with Gasteiger partial charge in [0, 0.05) is 39.5 Å². The van der Waals surface area contributed by atoms with E-state index in [1.165, 1.54) is 12.3 Å². The van der Waals surface area contributed by atoms with Gasteiger partial charge in [-0.15, -0.1) is 24.0 Å². The van der Waals surface area contributed by atoms with E-state index in [9.17, 15) is 13.2 Å². The van der Waals surface area contributed by atoms with E-state index in [0.717, 1.165) is 5.56 Å². The Balaban J connectivity index is 0.00000576. The molecule has 0 aliphatic rings. The maximum atomic E-state index is 12.2. The first-order chi connectivity index (χ1) is 11.1. The van der Waals surface area contributed by atoms with Gasteiger partial charge in [0.15, 0.2) is 12.6 Å². The molecule has 0 amide bonds. The number of hydrogen-bond acceptors (Lipinski definition) is 4. The van der Waals surface area contributed by atoms with Gasteiger partial charge < -0.3 is 20.1 Å². The fourth-order valence-corrected chi connectivity index (χ4v) is 1.57. The predicted octanol–water partition coefficient (Wildman–Crippen LogP) is 2.73. The van der Waals surface area contributed by atoms with Crippen LogP contribution < -0.4 is 15.4 Å². The number of rotatable bonds is 7. The number of pyridine rings is 1. The number of nitrogens with zero attached hydrogens (tertiary/aromatic N) is 2. The van der Waals surface area contributed by atoms with Crippen molar-refractivity contribution in [3.8, 4) is 5.88 Å². The molecule has 0 bridgehead atoms. The quantitative estimate of drug-likeness (QED) is 0.360. The zero-order valence-electron chi connectivity index (χ0n) is 14.6. The summed E-state index contributed by atoms with van der Waals surface area (Å²) >= 11 is 0. The van der Waals surface area contributed by atoms with Crippen LogP contribution in [-0.4, -0.2) is 50.0 Å². The maximum absolute atomic E-state index is 12.2. The molecule has 6 nitrogen and oxygen atoms in total. The lowest BCUT2D eigenvalue weighted by Crippen LogP contribution is -2.45. The fourth-order valence-electron chi connectivity index (χ4n) is 1.57. The van der Waals surface area contributed by atoms with Gasteiger partial charge in [0.2, 0.25) is 5.88 Å². The standard InChI is InChI=1S/C15H23F3N4O2.HI/c1-14(2,23-4)9-22-13(19-3)21-8-11-5-6-20-12(7-11)24-10-15(16,17)18;/h5-7H,8-10H2,1-4H3,(H2,19,21,22);1H. The molecule has 1 rings (SSSR count). The summed E-state index contributed by atoms with van der Waals surface area (Å²) < 4.78 is 46.4. The maximum Gasteiger partial charge on any atom is 0.422 e. The Hall–Kier alpha value is -1.30. The second-order valence-electron chi connectivity index (χ2n) is 5.65. The highest BCUT2D eigenvalue weighted by molar-refractivity contribution is 14.0. The van der Waals surface area contributed by atoms with Crippen molar-refractivity contribution in [1.82, 2.24) is 15.6 Å². The molecule has 0 atom stereocenters. The minimum absolute atomic E-state index is 0. The summed E-state index contributed by atoms with van der Waals surface area (Å²) in [5, 5.41) is 6.17. The molecular formula is C15H24F3IN4O2. The van der Waals surface area contributed by atoms with Gasteiger partial charge in [-0.05, 0) is 25.5 Å². The second-order valence-corrected chi connectivity index (χ2v) is 5.65. The SMILES string of the molecule is CN=C(NCc1ccnc(OCC(F)(F)F)c1)NCC(C)(C)OC.I. The van der Waals surface area contributed by atoms with Gasteiger partial charge in [0.1, 0.15) is 0 Å². The van der Waals surface area contributed by atoms with Crippen molar-refractivity contribution in [2.45, 2.75) is 32.2 Å². The van der Waals surface area contributed by atoms with Gasteiger partial charge in [0.05, 0.1) is 5.60 Å². The molecule has 0 aliphatic heterocycles. The number of nitrogens with one attached hydrogen (secondary N) is 2. The minimum atomic E-state index is -4.39. The fraction of sp³-hybridized carbons (Fsp3) is 0.600. The van der Waals surface area contributed by atoms with E-state index in [2.05, 4.69) is 25.3 Å². The van der Waals surface area contributed by atoms with Gasteiger partial charge in [-0.3, -0.25) is 4.99 Å². The number of hydrogen-bond donors (Lipinski definition) is 2. The number of ether oxygens (including phenoxy) is 2. The number of methoxy groups -OCH3 is 1. The van der Waals surface area contributed by atoms with Crippen LogP contribution in [0.1, 0.15) is 19.4 Å². The number of aromatic nitrogens is 1. The van der Waals surface area contributed by atoms with Crippen molar-refractivity contribution in [2.24, 2.45) is 4.99 Å². The molecule has 0 aliphatic carbocycles. The molecule has 0 aromatic carbocycles. The van der Waals surface area contributed by atoms with E-state index < -0.39 is 12.8 Å². The second kappa shape index (κ2) is 10.6. The zero-order valence-corrected chi connectivity index (χ0v) is 16.9. The number of alkyl halides is 3. The molecule has 144 valence electrons. The molecule has 1 aromatic rings. The van der Waals surface area contributed by atoms with Crippen molar-refractivity contribution >= 4 is 29.9 Å². The predicted molar refractivity (Wildman–Crippen MR) is 100 cm³/mol. The Bertz CT molecular complexity index is 554. The van der Waals surface area contributed by atoms with Crippen molar-refractivity contribution in [3.05, 3.63) is 23.9 Å². The van der Waals surface area contributed by atoms with Gasteiger partial charge in [-0.25, -0.2) is 4.98 Å². The molecule has 0 saturated carbocycles. The molecule has 0 radical (unpaired) electrons. The molecule has 0 fully saturated rings. The summed E-state index contributed by atoms with van der Waals surface area (Å²) in [5.41, 5.74) is 0.364. The average Bonchev–Trinajstić information content (AvgIpc) is 2.53. The highest BCUT2D eigenvalue weighted by Crippen LogP contribution is 2.17. The van der Waals surface area contributed by atoms with Crippen LogP contribution in [0.4, 0.5) is 13.2 Å². The molecular weight excluding hydrogens is 452 g/mol. The van der Waals surface area contributed by atoms with Crippen LogP contribution >= 0.6 is 24.0 Å². The molecule has 1 heterocycles. The van der Waals surface area contributed by atoms with Crippen LogP contribution in [0.2, 0.25) is 0 Å². The van der Waals surface area contributed by atoms with Crippen LogP contribution in [0.3, 0.4) is 0 Å². The van der Waals surface area contributed by atoms with Gasteiger partial charge in [-0.1, -0.05) is 0 Å². The molecule has 0 spiro atoms. The first-order valence-corrected chi connectivity index (χ1v) is 7.29. The number of halogens is 4. The summed E-state index contributed by atoms with van der Waals surface area (Å²) in [5.74, 6) is 0.477. The van der Waals surface area contributed by atoms with E-state index in [-0.39, 0.29) is 35.5 Å². The number of guanidine groups is 1. The molecule has 1 aromatic heterocycles. The Labute approximate surface area is 162 Å².